The molecule has 4 heteroatoms. The molecule has 1 rings (SSSR count). The molecule has 0 aromatic carbocycles. The zero-order chi connectivity index (χ0) is 8.85. The molecular formula is C7H9O3S-. The van der Waals surface area contributed by atoms with E-state index in [9.17, 15) is 0 Å². The van der Waals surface area contributed by atoms with E-state index in [0.717, 1.165) is 17.6 Å². The van der Waals surface area contributed by atoms with Crippen LogP contribution in [-0.4, -0.2) is 5.97 Å². The second-order valence-corrected chi connectivity index (χ2v) is 2.34. The average molecular weight is 173 g/mol. The summed E-state index contributed by atoms with van der Waals surface area (Å²) in [6, 6.07) is 1.82. The first-order chi connectivity index (χ1) is 5.04. The summed E-state index contributed by atoms with van der Waals surface area (Å²) in [6.07, 6.45) is 1.62. The van der Waals surface area contributed by atoms with Crippen molar-refractivity contribution in [2.45, 2.75) is 18.7 Å². The normalized spacial score (nSPS) is 8.27. The number of carbonyl (C=O) groups excluding carboxylic acids is 1. The van der Waals surface area contributed by atoms with Crippen LogP contribution in [0.5, 0.6) is 0 Å². The van der Waals surface area contributed by atoms with Gasteiger partial charge in [-0.15, -0.1) is 12.6 Å². The van der Waals surface area contributed by atoms with Crippen molar-refractivity contribution >= 4 is 18.6 Å². The molecule has 1 aromatic rings. The SMILES string of the molecule is CC(=O)[O-].Cc1occc1S. The van der Waals surface area contributed by atoms with Crippen molar-refractivity contribution in [2.24, 2.45) is 0 Å². The van der Waals surface area contributed by atoms with Crippen molar-refractivity contribution in [3.63, 3.8) is 0 Å². The highest BCUT2D eigenvalue weighted by Gasteiger charge is 1.90. The smallest absolute Gasteiger partial charge is 0.113 e. The van der Waals surface area contributed by atoms with Crippen LogP contribution in [0.4, 0.5) is 0 Å². The molecule has 1 aromatic heterocycles. The Morgan fingerprint density at radius 2 is 2.18 bits per heavy atom. The Bertz CT molecular complexity index is 209. The van der Waals surface area contributed by atoms with Crippen LogP contribution in [0.2, 0.25) is 0 Å². The highest BCUT2D eigenvalue weighted by molar-refractivity contribution is 7.80. The Hall–Kier alpha value is -0.900. The lowest BCUT2D eigenvalue weighted by Crippen LogP contribution is -2.16. The number of aryl methyl sites for hydroxylation is 1. The Labute approximate surface area is 70.4 Å². The first-order valence-electron chi connectivity index (χ1n) is 2.94. The van der Waals surface area contributed by atoms with Gasteiger partial charge in [-0.3, -0.25) is 0 Å². The zero-order valence-corrected chi connectivity index (χ0v) is 7.22. The number of thiol groups is 1. The van der Waals surface area contributed by atoms with Crippen molar-refractivity contribution in [1.82, 2.24) is 0 Å². The van der Waals surface area contributed by atoms with Crippen LogP contribution in [0, 0.1) is 6.92 Å². The van der Waals surface area contributed by atoms with Gasteiger partial charge in [0.2, 0.25) is 0 Å². The first kappa shape index (κ1) is 10.1. The molecular weight excluding hydrogens is 164 g/mol. The maximum atomic E-state index is 8.89. The molecule has 0 bridgehead atoms. The van der Waals surface area contributed by atoms with Gasteiger partial charge in [0.1, 0.15) is 5.76 Å². The number of carboxylic acid groups (broad SMARTS) is 1. The van der Waals surface area contributed by atoms with Crippen LogP contribution in [0.25, 0.3) is 0 Å². The number of aliphatic carboxylic acids is 1. The van der Waals surface area contributed by atoms with Crippen LogP contribution in [-0.2, 0) is 4.79 Å². The third kappa shape index (κ3) is 5.54. The molecule has 0 N–H and O–H groups in total. The lowest BCUT2D eigenvalue weighted by Gasteiger charge is -1.78. The summed E-state index contributed by atoms with van der Waals surface area (Å²) in [5.74, 6) is -0.205. The number of carbonyl (C=O) groups is 1. The highest BCUT2D eigenvalue weighted by Crippen LogP contribution is 2.11. The summed E-state index contributed by atoms with van der Waals surface area (Å²) in [4.78, 5) is 9.81. The minimum Gasteiger partial charge on any atom is -0.550 e. The molecule has 0 aliphatic heterocycles. The van der Waals surface area contributed by atoms with E-state index in [4.69, 9.17) is 14.3 Å². The summed E-state index contributed by atoms with van der Waals surface area (Å²) < 4.78 is 4.89. The van der Waals surface area contributed by atoms with Crippen molar-refractivity contribution in [2.75, 3.05) is 0 Å². The van der Waals surface area contributed by atoms with Crippen LogP contribution in [0.1, 0.15) is 12.7 Å². The Morgan fingerprint density at radius 1 is 1.73 bits per heavy atom. The minimum absolute atomic E-state index is 0.878. The fraction of sp³-hybridized carbons (Fsp3) is 0.286. The van der Waals surface area contributed by atoms with Crippen molar-refractivity contribution in [3.05, 3.63) is 18.1 Å². The topological polar surface area (TPSA) is 53.3 Å². The fourth-order valence-corrected chi connectivity index (χ4v) is 0.492. The fourth-order valence-electron chi connectivity index (χ4n) is 0.378. The predicted octanol–water partition coefficient (Wildman–Crippen LogP) is 0.633. The third-order valence-electron chi connectivity index (χ3n) is 0.831. The second-order valence-electron chi connectivity index (χ2n) is 1.85. The van der Waals surface area contributed by atoms with Crippen molar-refractivity contribution in [3.8, 4) is 0 Å². The monoisotopic (exact) mass is 173 g/mol. The molecule has 11 heavy (non-hydrogen) atoms. The largest absolute Gasteiger partial charge is 0.550 e. The van der Waals surface area contributed by atoms with Crippen molar-refractivity contribution in [1.29, 1.82) is 0 Å². The Morgan fingerprint density at radius 3 is 2.27 bits per heavy atom. The van der Waals surface area contributed by atoms with Gasteiger partial charge in [-0.25, -0.2) is 0 Å². The Kier molecular flexibility index (Phi) is 4.45. The van der Waals surface area contributed by atoms with E-state index in [1.807, 2.05) is 13.0 Å². The van der Waals surface area contributed by atoms with E-state index < -0.39 is 5.97 Å². The van der Waals surface area contributed by atoms with E-state index in [0.29, 0.717) is 0 Å². The van der Waals surface area contributed by atoms with Crippen LogP contribution in [0.15, 0.2) is 21.6 Å². The standard InChI is InChI=1S/C5H6OS.C2H4O2/c1-4-5(7)2-3-6-4;1-2(3)4/h2-3,7H,1H3;1H3,(H,3,4)/p-1. The van der Waals surface area contributed by atoms with E-state index in [-0.39, 0.29) is 0 Å². The molecule has 0 atom stereocenters. The maximum Gasteiger partial charge on any atom is 0.113 e. The molecule has 3 nitrogen and oxygen atoms in total. The molecule has 0 saturated heterocycles. The number of furan rings is 1. The first-order valence-corrected chi connectivity index (χ1v) is 3.39. The third-order valence-corrected chi connectivity index (χ3v) is 1.30. The van der Waals surface area contributed by atoms with Crippen molar-refractivity contribution < 1.29 is 14.3 Å². The lowest BCUT2D eigenvalue weighted by atomic mass is 10.5. The number of hydrogen-bond acceptors (Lipinski definition) is 4. The van der Waals surface area contributed by atoms with Crippen LogP contribution >= 0.6 is 12.6 Å². The molecule has 0 saturated carbocycles. The lowest BCUT2D eigenvalue weighted by molar-refractivity contribution is -0.302. The average Bonchev–Trinajstić information content (AvgIpc) is 2.15. The molecule has 0 aliphatic carbocycles. The van der Waals surface area contributed by atoms with E-state index in [1.54, 1.807) is 6.26 Å². The molecule has 0 fully saturated rings. The van der Waals surface area contributed by atoms with E-state index in [1.165, 1.54) is 0 Å². The molecule has 0 radical (unpaired) electrons. The predicted molar refractivity (Wildman–Crippen MR) is 41.4 cm³/mol. The van der Waals surface area contributed by atoms with Gasteiger partial charge in [0.15, 0.2) is 0 Å². The van der Waals surface area contributed by atoms with Gasteiger partial charge in [0.05, 0.1) is 6.26 Å². The van der Waals surface area contributed by atoms with Gasteiger partial charge < -0.3 is 14.3 Å². The quantitative estimate of drug-likeness (QED) is 0.585. The van der Waals surface area contributed by atoms with Gasteiger partial charge in [0.25, 0.3) is 0 Å². The molecule has 1 heterocycles. The highest BCUT2D eigenvalue weighted by atomic mass is 32.1. The van der Waals surface area contributed by atoms with Gasteiger partial charge in [-0.05, 0) is 19.9 Å². The number of hydrogen-bond donors (Lipinski definition) is 1. The summed E-state index contributed by atoms with van der Waals surface area (Å²) >= 11 is 4.06. The summed E-state index contributed by atoms with van der Waals surface area (Å²) in [6.45, 7) is 2.85. The summed E-state index contributed by atoms with van der Waals surface area (Å²) in [5.41, 5.74) is 0. The molecule has 0 amide bonds. The zero-order valence-electron chi connectivity index (χ0n) is 6.33. The second kappa shape index (κ2) is 4.85. The molecule has 62 valence electrons. The summed E-state index contributed by atoms with van der Waals surface area (Å²) in [5, 5.41) is 8.89. The van der Waals surface area contributed by atoms with Crippen LogP contribution in [0.3, 0.4) is 0 Å². The van der Waals surface area contributed by atoms with Gasteiger partial charge in [-0.2, -0.15) is 0 Å². The minimum atomic E-state index is -1.08. The van der Waals surface area contributed by atoms with Gasteiger partial charge >= 0.3 is 0 Å². The van der Waals surface area contributed by atoms with Gasteiger partial charge in [-0.1, -0.05) is 0 Å². The maximum absolute atomic E-state index is 8.89. The molecule has 0 aliphatic rings. The van der Waals surface area contributed by atoms with Crippen LogP contribution < -0.4 is 5.11 Å². The van der Waals surface area contributed by atoms with Gasteiger partial charge in [0, 0.05) is 10.9 Å². The summed E-state index contributed by atoms with van der Waals surface area (Å²) in [7, 11) is 0. The molecule has 0 unspecified atom stereocenters. The van der Waals surface area contributed by atoms with E-state index in [2.05, 4.69) is 12.6 Å². The Balaban J connectivity index is 0.000000218. The molecule has 0 spiro atoms. The number of rotatable bonds is 0. The van der Waals surface area contributed by atoms with E-state index >= 15 is 0 Å². The number of carboxylic acids is 1.